The summed E-state index contributed by atoms with van der Waals surface area (Å²) in [4.78, 5) is 12.0. The van der Waals surface area contributed by atoms with Crippen LogP contribution in [0.25, 0.3) is 11.3 Å². The fourth-order valence-corrected chi connectivity index (χ4v) is 2.40. The summed E-state index contributed by atoms with van der Waals surface area (Å²) in [5.74, 6) is 0.813. The van der Waals surface area contributed by atoms with Crippen molar-refractivity contribution in [3.05, 3.63) is 36.0 Å². The fourth-order valence-electron chi connectivity index (χ4n) is 2.40. The van der Waals surface area contributed by atoms with Crippen molar-refractivity contribution >= 4 is 0 Å². The third-order valence-electron chi connectivity index (χ3n) is 3.69. The lowest BCUT2D eigenvalue weighted by Gasteiger charge is -2.32. The first-order valence-corrected chi connectivity index (χ1v) is 6.14. The summed E-state index contributed by atoms with van der Waals surface area (Å²) >= 11 is 0. The average molecular weight is 238 g/mol. The number of hydrogen-bond acceptors (Lipinski definition) is 3. The van der Waals surface area contributed by atoms with Crippen LogP contribution in [0.3, 0.4) is 0 Å². The van der Waals surface area contributed by atoms with E-state index in [9.17, 15) is 5.26 Å². The molecule has 0 spiro atoms. The van der Waals surface area contributed by atoms with E-state index in [0.29, 0.717) is 0 Å². The molecule has 90 valence electrons. The predicted molar refractivity (Wildman–Crippen MR) is 67.7 cm³/mol. The number of aryl methyl sites for hydroxylation is 1. The van der Waals surface area contributed by atoms with Crippen LogP contribution in [0.5, 0.6) is 0 Å². The molecule has 1 aliphatic rings. The molecule has 0 aromatic carbocycles. The zero-order valence-corrected chi connectivity index (χ0v) is 10.3. The van der Waals surface area contributed by atoms with E-state index in [1.165, 1.54) is 0 Å². The van der Waals surface area contributed by atoms with Crippen LogP contribution < -0.4 is 0 Å². The van der Waals surface area contributed by atoms with Crippen LogP contribution in [0.4, 0.5) is 0 Å². The highest BCUT2D eigenvalue weighted by Crippen LogP contribution is 2.42. The van der Waals surface area contributed by atoms with Crippen LogP contribution in [0.2, 0.25) is 0 Å². The summed E-state index contributed by atoms with van der Waals surface area (Å²) in [6.45, 7) is 1.99. The van der Waals surface area contributed by atoms with E-state index in [-0.39, 0.29) is 5.41 Å². The van der Waals surface area contributed by atoms with Crippen LogP contribution in [0.1, 0.15) is 30.8 Å². The molecule has 0 unspecified atom stereocenters. The smallest absolute Gasteiger partial charge is 0.127 e. The highest BCUT2D eigenvalue weighted by atomic mass is 15.0. The molecule has 3 rings (SSSR count). The molecule has 0 radical (unpaired) electrons. The molecule has 1 saturated carbocycles. The zero-order chi connectivity index (χ0) is 12.6. The predicted octanol–water partition coefficient (Wildman–Crippen LogP) is 2.73. The Morgan fingerprint density at radius 3 is 2.83 bits per heavy atom. The maximum absolute atomic E-state index is 9.34. The summed E-state index contributed by atoms with van der Waals surface area (Å²) in [6.07, 6.45) is 6.46. The second kappa shape index (κ2) is 3.95. The molecule has 2 heterocycles. The van der Waals surface area contributed by atoms with Gasteiger partial charge in [-0.15, -0.1) is 0 Å². The number of nitrogens with one attached hydrogen (secondary N) is 1. The third-order valence-corrected chi connectivity index (χ3v) is 3.69. The number of H-pyrrole nitrogens is 1. The van der Waals surface area contributed by atoms with Gasteiger partial charge >= 0.3 is 0 Å². The molecule has 2 aromatic heterocycles. The van der Waals surface area contributed by atoms with Gasteiger partial charge in [-0.1, -0.05) is 0 Å². The lowest BCUT2D eigenvalue weighted by Crippen LogP contribution is -2.33. The van der Waals surface area contributed by atoms with Crippen molar-refractivity contribution in [1.29, 1.82) is 5.26 Å². The highest BCUT2D eigenvalue weighted by molar-refractivity contribution is 5.61. The fraction of sp³-hybridized carbons (Fsp3) is 0.357. The molecule has 0 bridgehead atoms. The Morgan fingerprint density at radius 2 is 2.28 bits per heavy atom. The third kappa shape index (κ3) is 1.52. The van der Waals surface area contributed by atoms with Crippen LogP contribution in [0.15, 0.2) is 24.5 Å². The van der Waals surface area contributed by atoms with Gasteiger partial charge in [0.25, 0.3) is 0 Å². The van der Waals surface area contributed by atoms with Gasteiger partial charge in [-0.25, -0.2) is 4.98 Å². The van der Waals surface area contributed by atoms with Crippen molar-refractivity contribution in [2.45, 2.75) is 31.6 Å². The Balaban J connectivity index is 2.05. The summed E-state index contributed by atoms with van der Waals surface area (Å²) in [7, 11) is 0. The van der Waals surface area contributed by atoms with Crippen molar-refractivity contribution in [3.8, 4) is 17.3 Å². The first kappa shape index (κ1) is 11.0. The second-order valence-corrected chi connectivity index (χ2v) is 4.85. The van der Waals surface area contributed by atoms with E-state index < -0.39 is 0 Å². The van der Waals surface area contributed by atoms with Gasteiger partial charge in [-0.05, 0) is 38.3 Å². The standard InChI is InChI=1S/C14H14N4/c1-10-12(11-4-2-7-16-8-11)18-13(17-10)14(9-15)5-3-6-14/h2,4,7-8H,3,5-6H2,1H3,(H,17,18). The van der Waals surface area contributed by atoms with Gasteiger partial charge in [0, 0.05) is 23.7 Å². The minimum atomic E-state index is -0.384. The van der Waals surface area contributed by atoms with Crippen molar-refractivity contribution in [2.24, 2.45) is 0 Å². The molecule has 2 aromatic rings. The Bertz CT molecular complexity index is 602. The Hall–Kier alpha value is -2.15. The summed E-state index contributed by atoms with van der Waals surface area (Å²) < 4.78 is 0. The summed E-state index contributed by atoms with van der Waals surface area (Å²) in [5, 5.41) is 9.34. The van der Waals surface area contributed by atoms with Crippen LogP contribution in [-0.2, 0) is 5.41 Å². The average Bonchev–Trinajstić information content (AvgIpc) is 2.72. The van der Waals surface area contributed by atoms with Crippen LogP contribution >= 0.6 is 0 Å². The molecule has 0 atom stereocenters. The van der Waals surface area contributed by atoms with Gasteiger partial charge in [0.1, 0.15) is 11.2 Å². The maximum Gasteiger partial charge on any atom is 0.127 e. The van der Waals surface area contributed by atoms with Gasteiger partial charge < -0.3 is 4.98 Å². The van der Waals surface area contributed by atoms with Crippen molar-refractivity contribution < 1.29 is 0 Å². The number of aromatic nitrogens is 3. The van der Waals surface area contributed by atoms with E-state index in [2.05, 4.69) is 21.0 Å². The zero-order valence-electron chi connectivity index (χ0n) is 10.3. The lowest BCUT2D eigenvalue weighted by atomic mass is 9.69. The number of hydrogen-bond donors (Lipinski definition) is 1. The van der Waals surface area contributed by atoms with E-state index >= 15 is 0 Å². The normalized spacial score (nSPS) is 16.9. The van der Waals surface area contributed by atoms with Gasteiger partial charge in [0.15, 0.2) is 0 Å². The molecule has 18 heavy (non-hydrogen) atoms. The number of nitrogens with zero attached hydrogens (tertiary/aromatic N) is 3. The molecule has 0 saturated heterocycles. The number of nitriles is 1. The van der Waals surface area contributed by atoms with Crippen molar-refractivity contribution in [2.75, 3.05) is 0 Å². The summed E-state index contributed by atoms with van der Waals surface area (Å²) in [6, 6.07) is 6.30. The Morgan fingerprint density at radius 1 is 1.44 bits per heavy atom. The molecular formula is C14H14N4. The number of aromatic amines is 1. The van der Waals surface area contributed by atoms with Crippen molar-refractivity contribution in [3.63, 3.8) is 0 Å². The van der Waals surface area contributed by atoms with Gasteiger partial charge in [-0.2, -0.15) is 5.26 Å². The van der Waals surface area contributed by atoms with Gasteiger partial charge in [0.2, 0.25) is 0 Å². The van der Waals surface area contributed by atoms with E-state index in [1.54, 1.807) is 12.4 Å². The monoisotopic (exact) mass is 238 g/mol. The molecule has 4 nitrogen and oxygen atoms in total. The summed E-state index contributed by atoms with van der Waals surface area (Å²) in [5.41, 5.74) is 2.51. The minimum Gasteiger partial charge on any atom is -0.344 e. The largest absolute Gasteiger partial charge is 0.344 e. The molecule has 1 aliphatic carbocycles. The number of rotatable bonds is 2. The maximum atomic E-state index is 9.34. The highest BCUT2D eigenvalue weighted by Gasteiger charge is 2.42. The number of imidazole rings is 1. The van der Waals surface area contributed by atoms with Crippen LogP contribution in [0, 0.1) is 18.3 Å². The number of pyridine rings is 1. The first-order valence-electron chi connectivity index (χ1n) is 6.14. The van der Waals surface area contributed by atoms with E-state index in [4.69, 9.17) is 0 Å². The molecule has 1 N–H and O–H groups in total. The molecule has 0 aliphatic heterocycles. The molecule has 4 heteroatoms. The quantitative estimate of drug-likeness (QED) is 0.874. The van der Waals surface area contributed by atoms with Gasteiger partial charge in [-0.3, -0.25) is 4.98 Å². The van der Waals surface area contributed by atoms with E-state index in [1.807, 2.05) is 19.1 Å². The SMILES string of the molecule is Cc1[nH]c(C2(C#N)CCC2)nc1-c1cccnc1. The lowest BCUT2D eigenvalue weighted by molar-refractivity contribution is 0.309. The molecule has 1 fully saturated rings. The first-order chi connectivity index (χ1) is 8.75. The van der Waals surface area contributed by atoms with E-state index in [0.717, 1.165) is 42.0 Å². The molecular weight excluding hydrogens is 224 g/mol. The van der Waals surface area contributed by atoms with Gasteiger partial charge in [0.05, 0.1) is 11.8 Å². The van der Waals surface area contributed by atoms with Crippen LogP contribution in [-0.4, -0.2) is 15.0 Å². The molecule has 0 amide bonds. The Labute approximate surface area is 106 Å². The van der Waals surface area contributed by atoms with Crippen molar-refractivity contribution in [1.82, 2.24) is 15.0 Å². The minimum absolute atomic E-state index is 0.384. The topological polar surface area (TPSA) is 65.4 Å². The Kier molecular flexibility index (Phi) is 2.41. The second-order valence-electron chi connectivity index (χ2n) is 4.85.